The van der Waals surface area contributed by atoms with Crippen LogP contribution < -0.4 is 0 Å². The molecule has 0 spiro atoms. The van der Waals surface area contributed by atoms with Gasteiger partial charge in [0.15, 0.2) is 0 Å². The predicted octanol–water partition coefficient (Wildman–Crippen LogP) is 4.26. The van der Waals surface area contributed by atoms with E-state index in [0.717, 1.165) is 18.2 Å². The molecule has 0 radical (unpaired) electrons. The van der Waals surface area contributed by atoms with Gasteiger partial charge >= 0.3 is 6.18 Å². The summed E-state index contributed by atoms with van der Waals surface area (Å²) >= 11 is 15.9. The van der Waals surface area contributed by atoms with Crippen molar-refractivity contribution in [1.82, 2.24) is 0 Å². The van der Waals surface area contributed by atoms with Crippen molar-refractivity contribution in [2.45, 2.75) is 9.97 Å². The number of halogens is 6. The Hall–Kier alpha value is -0.450. The van der Waals surface area contributed by atoms with E-state index in [0.29, 0.717) is 6.07 Å². The van der Waals surface area contributed by atoms with Crippen LogP contribution in [0.2, 0.25) is 0 Å². The van der Waals surface area contributed by atoms with Crippen molar-refractivity contribution in [3.05, 3.63) is 35.4 Å². The molecule has 16 heavy (non-hydrogen) atoms. The maximum absolute atomic E-state index is 12.3. The first-order valence-electron chi connectivity index (χ1n) is 3.91. The first kappa shape index (κ1) is 13.6. The van der Waals surface area contributed by atoms with Gasteiger partial charge in [-0.15, -0.1) is 0 Å². The molecule has 0 aromatic heterocycles. The lowest BCUT2D eigenvalue weighted by Gasteiger charge is -2.11. The number of alkyl halides is 6. The fraction of sp³-hybridized carbons (Fsp3) is 0.222. The van der Waals surface area contributed by atoms with Crippen molar-refractivity contribution in [2.24, 2.45) is 0 Å². The average Bonchev–Trinajstić information content (AvgIpc) is 2.14. The van der Waals surface area contributed by atoms with E-state index in [-0.39, 0.29) is 5.56 Å². The number of rotatable bonds is 1. The molecule has 0 bridgehead atoms. The molecular formula is C9H4Cl3F3O. The Labute approximate surface area is 104 Å². The molecule has 0 aliphatic heterocycles. The Balaban J connectivity index is 3.14. The number of Topliss-reactive ketones (excluding diaryl/α,β-unsaturated/α-hetero) is 1. The topological polar surface area (TPSA) is 17.1 Å². The summed E-state index contributed by atoms with van der Waals surface area (Å²) < 4.78 is 34.7. The number of benzene rings is 1. The molecule has 1 nitrogen and oxygen atoms in total. The second-order valence-corrected chi connectivity index (χ2v) is 5.19. The molecule has 1 aromatic carbocycles. The van der Waals surface area contributed by atoms with E-state index >= 15 is 0 Å². The van der Waals surface area contributed by atoms with Gasteiger partial charge in [-0.05, 0) is 12.1 Å². The molecule has 0 saturated heterocycles. The first-order valence-corrected chi connectivity index (χ1v) is 5.04. The Kier molecular flexibility index (Phi) is 3.77. The molecular weight excluding hydrogens is 287 g/mol. The van der Waals surface area contributed by atoms with Crippen LogP contribution in [-0.4, -0.2) is 9.58 Å². The highest BCUT2D eigenvalue weighted by Gasteiger charge is 2.35. The highest BCUT2D eigenvalue weighted by atomic mass is 35.6. The van der Waals surface area contributed by atoms with Gasteiger partial charge in [0.05, 0.1) is 5.56 Å². The molecule has 0 heterocycles. The molecule has 0 aliphatic carbocycles. The first-order chi connectivity index (χ1) is 7.12. The lowest BCUT2D eigenvalue weighted by molar-refractivity contribution is -0.137. The minimum absolute atomic E-state index is 0.296. The largest absolute Gasteiger partial charge is 0.416 e. The Morgan fingerprint density at radius 3 is 2.12 bits per heavy atom. The van der Waals surface area contributed by atoms with Gasteiger partial charge in [0.25, 0.3) is 3.79 Å². The van der Waals surface area contributed by atoms with Crippen molar-refractivity contribution in [3.63, 3.8) is 0 Å². The van der Waals surface area contributed by atoms with Gasteiger partial charge in [0.2, 0.25) is 5.78 Å². The molecule has 0 saturated carbocycles. The van der Waals surface area contributed by atoms with Crippen LogP contribution in [0.3, 0.4) is 0 Å². The fourth-order valence-electron chi connectivity index (χ4n) is 1.00. The smallest absolute Gasteiger partial charge is 0.289 e. The number of ketones is 1. The molecule has 0 atom stereocenters. The lowest BCUT2D eigenvalue weighted by atomic mass is 10.1. The number of carbonyl (C=O) groups excluding carboxylic acids is 1. The predicted molar refractivity (Wildman–Crippen MR) is 56.1 cm³/mol. The van der Waals surface area contributed by atoms with E-state index in [2.05, 4.69) is 0 Å². The summed E-state index contributed by atoms with van der Waals surface area (Å²) in [5, 5.41) is 0. The third kappa shape index (κ3) is 3.27. The highest BCUT2D eigenvalue weighted by molar-refractivity contribution is 6.77. The molecule has 0 fully saturated rings. The van der Waals surface area contributed by atoms with Crippen LogP contribution in [0.1, 0.15) is 15.9 Å². The van der Waals surface area contributed by atoms with Crippen LogP contribution >= 0.6 is 34.8 Å². The molecule has 0 unspecified atom stereocenters. The van der Waals surface area contributed by atoms with Crippen molar-refractivity contribution in [1.29, 1.82) is 0 Å². The van der Waals surface area contributed by atoms with Gasteiger partial charge in [0.1, 0.15) is 0 Å². The van der Waals surface area contributed by atoms with Gasteiger partial charge in [-0.3, -0.25) is 4.79 Å². The second kappa shape index (κ2) is 4.43. The third-order valence-corrected chi connectivity index (χ3v) is 2.22. The molecule has 0 amide bonds. The van der Waals surface area contributed by atoms with Crippen LogP contribution in [0.15, 0.2) is 24.3 Å². The highest BCUT2D eigenvalue weighted by Crippen LogP contribution is 2.33. The van der Waals surface area contributed by atoms with Gasteiger partial charge in [-0.1, -0.05) is 46.9 Å². The zero-order chi connectivity index (χ0) is 12.6. The Bertz CT molecular complexity index is 409. The summed E-state index contributed by atoms with van der Waals surface area (Å²) in [5.74, 6) is -0.997. The molecule has 1 aromatic rings. The lowest BCUT2D eigenvalue weighted by Crippen LogP contribution is -2.19. The van der Waals surface area contributed by atoms with Crippen LogP contribution in [-0.2, 0) is 6.18 Å². The standard InChI is InChI=1S/C9H4Cl3F3O/c10-8(11,12)7(16)5-2-1-3-6(4-5)9(13,14)15/h1-4H. The zero-order valence-electron chi connectivity index (χ0n) is 7.49. The summed E-state index contributed by atoms with van der Waals surface area (Å²) in [6, 6.07) is 3.70. The normalized spacial score (nSPS) is 12.6. The van der Waals surface area contributed by atoms with Crippen LogP contribution in [0.4, 0.5) is 13.2 Å². The van der Waals surface area contributed by atoms with Crippen molar-refractivity contribution in [3.8, 4) is 0 Å². The van der Waals surface area contributed by atoms with Crippen LogP contribution in [0.5, 0.6) is 0 Å². The van der Waals surface area contributed by atoms with Gasteiger partial charge < -0.3 is 0 Å². The van der Waals surface area contributed by atoms with E-state index < -0.39 is 21.3 Å². The maximum atomic E-state index is 12.3. The minimum Gasteiger partial charge on any atom is -0.289 e. The summed E-state index contributed by atoms with van der Waals surface area (Å²) in [4.78, 5) is 11.4. The van der Waals surface area contributed by atoms with Gasteiger partial charge in [-0.2, -0.15) is 13.2 Å². The summed E-state index contributed by atoms with van der Waals surface area (Å²) in [6.07, 6.45) is -4.54. The third-order valence-electron chi connectivity index (χ3n) is 1.71. The molecule has 1 rings (SSSR count). The number of carbonyl (C=O) groups is 1. The van der Waals surface area contributed by atoms with E-state index in [9.17, 15) is 18.0 Å². The molecule has 0 aliphatic rings. The SMILES string of the molecule is O=C(c1cccc(C(F)(F)F)c1)C(Cl)(Cl)Cl. The summed E-state index contributed by atoms with van der Waals surface area (Å²) in [6.45, 7) is 0. The van der Waals surface area contributed by atoms with Gasteiger partial charge in [-0.25, -0.2) is 0 Å². The average molecular weight is 291 g/mol. The molecule has 0 N–H and O–H groups in total. The van der Waals surface area contributed by atoms with Crippen molar-refractivity contribution < 1.29 is 18.0 Å². The van der Waals surface area contributed by atoms with Crippen LogP contribution in [0, 0.1) is 0 Å². The number of hydrogen-bond acceptors (Lipinski definition) is 1. The summed E-state index contributed by atoms with van der Waals surface area (Å²) in [5.41, 5.74) is -1.26. The number of hydrogen-bond donors (Lipinski definition) is 0. The Morgan fingerprint density at radius 2 is 1.69 bits per heavy atom. The van der Waals surface area contributed by atoms with Gasteiger partial charge in [0, 0.05) is 5.56 Å². The van der Waals surface area contributed by atoms with E-state index in [4.69, 9.17) is 34.8 Å². The van der Waals surface area contributed by atoms with Crippen molar-refractivity contribution >= 4 is 40.6 Å². The van der Waals surface area contributed by atoms with Crippen molar-refractivity contribution in [2.75, 3.05) is 0 Å². The molecule has 88 valence electrons. The molecule has 7 heteroatoms. The van der Waals surface area contributed by atoms with Crippen LogP contribution in [0.25, 0.3) is 0 Å². The van der Waals surface area contributed by atoms with E-state index in [1.165, 1.54) is 0 Å². The van der Waals surface area contributed by atoms with E-state index in [1.54, 1.807) is 0 Å². The maximum Gasteiger partial charge on any atom is 0.416 e. The van der Waals surface area contributed by atoms with E-state index in [1.807, 2.05) is 0 Å². The second-order valence-electron chi connectivity index (χ2n) is 2.91. The Morgan fingerprint density at radius 1 is 1.12 bits per heavy atom. The quantitative estimate of drug-likeness (QED) is 0.558. The minimum atomic E-state index is -4.54. The fourth-order valence-corrected chi connectivity index (χ4v) is 1.33. The zero-order valence-corrected chi connectivity index (χ0v) is 9.75. The summed E-state index contributed by atoms with van der Waals surface area (Å²) in [7, 11) is 0. The monoisotopic (exact) mass is 290 g/mol.